The van der Waals surface area contributed by atoms with Crippen LogP contribution >= 0.6 is 0 Å². The van der Waals surface area contributed by atoms with E-state index in [0.29, 0.717) is 17.9 Å². The molecule has 2 aliphatic rings. The third kappa shape index (κ3) is 3.20. The van der Waals surface area contributed by atoms with E-state index in [4.69, 9.17) is 4.74 Å². The van der Waals surface area contributed by atoms with Gasteiger partial charge in [-0.05, 0) is 18.8 Å². The Hall–Kier alpha value is -0.570. The van der Waals surface area contributed by atoms with Crippen LogP contribution in [0.4, 0.5) is 0 Å². The monoisotopic (exact) mass is 213 g/mol. The fourth-order valence-electron chi connectivity index (χ4n) is 2.24. The van der Waals surface area contributed by atoms with Gasteiger partial charge in [0.25, 0.3) is 0 Å². The van der Waals surface area contributed by atoms with E-state index >= 15 is 0 Å². The van der Waals surface area contributed by atoms with E-state index in [1.165, 1.54) is 0 Å². The number of ether oxygens (including phenoxy) is 1. The molecule has 2 rings (SSSR count). The molecule has 0 aromatic carbocycles. The summed E-state index contributed by atoms with van der Waals surface area (Å²) in [6.07, 6.45) is 2.96. The predicted molar refractivity (Wildman–Crippen MR) is 60.7 cm³/mol. The summed E-state index contributed by atoms with van der Waals surface area (Å²) in [6.45, 7) is 8.70. The molecule has 0 saturated carbocycles. The molecular weight excluding hydrogens is 190 g/mol. The van der Waals surface area contributed by atoms with Crippen LogP contribution in [0.2, 0.25) is 0 Å². The van der Waals surface area contributed by atoms with Crippen LogP contribution in [0.25, 0.3) is 0 Å². The van der Waals surface area contributed by atoms with E-state index < -0.39 is 0 Å². The van der Waals surface area contributed by atoms with Crippen LogP contribution in [0.3, 0.4) is 0 Å². The SMILES string of the molecule is CC.CC1CC(=O)N(C2CCCOC2)C1. The number of hydrogen-bond donors (Lipinski definition) is 0. The molecule has 3 nitrogen and oxygen atoms in total. The number of amides is 1. The summed E-state index contributed by atoms with van der Waals surface area (Å²) in [4.78, 5) is 13.6. The highest BCUT2D eigenvalue weighted by Gasteiger charge is 2.32. The molecule has 15 heavy (non-hydrogen) atoms. The Balaban J connectivity index is 0.000000531. The van der Waals surface area contributed by atoms with Gasteiger partial charge in [0.05, 0.1) is 12.6 Å². The lowest BCUT2D eigenvalue weighted by molar-refractivity contribution is -0.132. The quantitative estimate of drug-likeness (QED) is 0.667. The van der Waals surface area contributed by atoms with Crippen LogP contribution < -0.4 is 0 Å². The van der Waals surface area contributed by atoms with E-state index in [-0.39, 0.29) is 0 Å². The molecule has 2 unspecified atom stereocenters. The summed E-state index contributed by atoms with van der Waals surface area (Å²) in [6, 6.07) is 0.367. The Bertz CT molecular complexity index is 200. The van der Waals surface area contributed by atoms with Gasteiger partial charge in [0.1, 0.15) is 0 Å². The standard InChI is InChI=1S/C10H17NO2.C2H6/c1-8-5-10(12)11(6-8)9-3-2-4-13-7-9;1-2/h8-9H,2-7H2,1H3;1-2H3. The lowest BCUT2D eigenvalue weighted by atomic mass is 10.1. The smallest absolute Gasteiger partial charge is 0.223 e. The van der Waals surface area contributed by atoms with E-state index in [2.05, 4.69) is 6.92 Å². The maximum absolute atomic E-state index is 11.6. The summed E-state index contributed by atoms with van der Waals surface area (Å²) < 4.78 is 5.38. The summed E-state index contributed by atoms with van der Waals surface area (Å²) in [7, 11) is 0. The second-order valence-corrected chi connectivity index (χ2v) is 4.23. The molecule has 1 amide bonds. The highest BCUT2D eigenvalue weighted by molar-refractivity contribution is 5.78. The van der Waals surface area contributed by atoms with Crippen molar-refractivity contribution in [2.24, 2.45) is 5.92 Å². The van der Waals surface area contributed by atoms with Gasteiger partial charge in [-0.25, -0.2) is 0 Å². The molecule has 0 aliphatic carbocycles. The fourth-order valence-corrected chi connectivity index (χ4v) is 2.24. The van der Waals surface area contributed by atoms with Gasteiger partial charge in [0.15, 0.2) is 0 Å². The fraction of sp³-hybridized carbons (Fsp3) is 0.917. The molecule has 0 radical (unpaired) electrons. The van der Waals surface area contributed by atoms with E-state index in [1.807, 2.05) is 18.7 Å². The van der Waals surface area contributed by atoms with E-state index in [9.17, 15) is 4.79 Å². The van der Waals surface area contributed by atoms with Crippen LogP contribution in [-0.2, 0) is 9.53 Å². The number of carbonyl (C=O) groups is 1. The third-order valence-electron chi connectivity index (χ3n) is 2.93. The Morgan fingerprint density at radius 1 is 1.40 bits per heavy atom. The Morgan fingerprint density at radius 3 is 2.60 bits per heavy atom. The van der Waals surface area contributed by atoms with E-state index in [0.717, 1.165) is 39.0 Å². The van der Waals surface area contributed by atoms with Crippen LogP contribution in [-0.4, -0.2) is 36.6 Å². The van der Waals surface area contributed by atoms with Crippen molar-refractivity contribution in [2.75, 3.05) is 19.8 Å². The summed E-state index contributed by atoms with van der Waals surface area (Å²) >= 11 is 0. The van der Waals surface area contributed by atoms with Gasteiger partial charge in [-0.1, -0.05) is 20.8 Å². The second-order valence-electron chi connectivity index (χ2n) is 4.23. The van der Waals surface area contributed by atoms with Gasteiger partial charge in [0.2, 0.25) is 5.91 Å². The van der Waals surface area contributed by atoms with Crippen LogP contribution in [0.1, 0.15) is 40.0 Å². The van der Waals surface area contributed by atoms with Crippen LogP contribution in [0.5, 0.6) is 0 Å². The average molecular weight is 213 g/mol. The van der Waals surface area contributed by atoms with Crippen molar-refractivity contribution < 1.29 is 9.53 Å². The molecule has 0 bridgehead atoms. The number of nitrogens with zero attached hydrogens (tertiary/aromatic N) is 1. The molecule has 2 aliphatic heterocycles. The zero-order valence-corrected chi connectivity index (χ0v) is 10.2. The summed E-state index contributed by atoms with van der Waals surface area (Å²) in [5.74, 6) is 0.859. The first kappa shape index (κ1) is 12.5. The van der Waals surface area contributed by atoms with Gasteiger partial charge in [-0.2, -0.15) is 0 Å². The summed E-state index contributed by atoms with van der Waals surface area (Å²) in [5, 5.41) is 0. The second kappa shape index (κ2) is 6.11. The van der Waals surface area contributed by atoms with Gasteiger partial charge in [-0.15, -0.1) is 0 Å². The average Bonchev–Trinajstić information content (AvgIpc) is 2.62. The minimum absolute atomic E-state index is 0.322. The first-order valence-electron chi connectivity index (χ1n) is 6.14. The van der Waals surface area contributed by atoms with Gasteiger partial charge in [0, 0.05) is 19.6 Å². The zero-order chi connectivity index (χ0) is 11.3. The van der Waals surface area contributed by atoms with Crippen molar-refractivity contribution in [3.63, 3.8) is 0 Å². The number of hydrogen-bond acceptors (Lipinski definition) is 2. The molecule has 0 N–H and O–H groups in total. The highest BCUT2D eigenvalue weighted by atomic mass is 16.5. The predicted octanol–water partition coefficient (Wildman–Crippen LogP) is 2.06. The maximum Gasteiger partial charge on any atom is 0.223 e. The molecule has 3 heteroatoms. The summed E-state index contributed by atoms with van der Waals surface area (Å²) in [5.41, 5.74) is 0. The van der Waals surface area contributed by atoms with Crippen molar-refractivity contribution in [3.8, 4) is 0 Å². The van der Waals surface area contributed by atoms with Crippen molar-refractivity contribution in [2.45, 2.75) is 46.1 Å². The topological polar surface area (TPSA) is 29.5 Å². The molecule has 2 saturated heterocycles. The minimum Gasteiger partial charge on any atom is -0.379 e. The Labute approximate surface area is 92.8 Å². The third-order valence-corrected chi connectivity index (χ3v) is 2.93. The number of rotatable bonds is 1. The van der Waals surface area contributed by atoms with Crippen LogP contribution in [0, 0.1) is 5.92 Å². The molecule has 2 heterocycles. The minimum atomic E-state index is 0.322. The largest absolute Gasteiger partial charge is 0.379 e. The van der Waals surface area contributed by atoms with Gasteiger partial charge < -0.3 is 9.64 Å². The van der Waals surface area contributed by atoms with Crippen LogP contribution in [0.15, 0.2) is 0 Å². The number of likely N-dealkylation sites (tertiary alicyclic amines) is 1. The molecule has 2 atom stereocenters. The lowest BCUT2D eigenvalue weighted by Crippen LogP contribution is -2.41. The van der Waals surface area contributed by atoms with Crippen molar-refractivity contribution in [1.82, 2.24) is 4.90 Å². The lowest BCUT2D eigenvalue weighted by Gasteiger charge is -2.31. The van der Waals surface area contributed by atoms with Gasteiger partial charge in [-0.3, -0.25) is 4.79 Å². The maximum atomic E-state index is 11.6. The highest BCUT2D eigenvalue weighted by Crippen LogP contribution is 2.23. The van der Waals surface area contributed by atoms with E-state index in [1.54, 1.807) is 0 Å². The van der Waals surface area contributed by atoms with Gasteiger partial charge >= 0.3 is 0 Å². The normalized spacial score (nSPS) is 31.1. The van der Waals surface area contributed by atoms with Crippen molar-refractivity contribution >= 4 is 5.91 Å². The van der Waals surface area contributed by atoms with Crippen molar-refractivity contribution in [3.05, 3.63) is 0 Å². The molecule has 0 spiro atoms. The number of carbonyl (C=O) groups excluding carboxylic acids is 1. The molecular formula is C12H23NO2. The molecule has 0 aromatic rings. The molecule has 0 aromatic heterocycles. The first-order chi connectivity index (χ1) is 7.27. The zero-order valence-electron chi connectivity index (χ0n) is 10.2. The first-order valence-corrected chi connectivity index (χ1v) is 6.14. The molecule has 88 valence electrons. The van der Waals surface area contributed by atoms with Crippen molar-refractivity contribution in [1.29, 1.82) is 0 Å². The Kier molecular flexibility index (Phi) is 5.09. The molecule has 2 fully saturated rings. The Morgan fingerprint density at radius 2 is 2.13 bits per heavy atom.